The fraction of sp³-hybridized carbons (Fsp3) is 0.118. The molecule has 4 rings (SSSR count). The Labute approximate surface area is 153 Å². The molecule has 2 aromatic heterocycles. The van der Waals surface area contributed by atoms with Gasteiger partial charge in [-0.3, -0.25) is 5.10 Å². The van der Waals surface area contributed by atoms with Gasteiger partial charge >= 0.3 is 0 Å². The van der Waals surface area contributed by atoms with Gasteiger partial charge in [0, 0.05) is 28.1 Å². The lowest BCUT2D eigenvalue weighted by molar-refractivity contribution is 1.10. The summed E-state index contributed by atoms with van der Waals surface area (Å²) in [6.07, 6.45) is 1.80. The van der Waals surface area contributed by atoms with E-state index in [1.165, 1.54) is 11.3 Å². The molecule has 4 aromatic rings. The molecule has 3 N–H and O–H groups in total. The minimum absolute atomic E-state index is 0.763. The molecule has 0 aliphatic carbocycles. The first-order valence-electron chi connectivity index (χ1n) is 7.84. The largest absolute Gasteiger partial charge is 0.330 e. The number of hydrogen-bond acceptors (Lipinski definition) is 7. The molecule has 2 aromatic carbocycles. The van der Waals surface area contributed by atoms with Crippen LogP contribution in [-0.2, 0) is 0 Å². The van der Waals surface area contributed by atoms with E-state index >= 15 is 0 Å². The van der Waals surface area contributed by atoms with E-state index in [1.54, 1.807) is 18.1 Å². The van der Waals surface area contributed by atoms with E-state index in [0.717, 1.165) is 43.7 Å². The van der Waals surface area contributed by atoms with Crippen LogP contribution in [0.1, 0.15) is 6.92 Å². The van der Waals surface area contributed by atoms with Crippen LogP contribution in [0.4, 0.5) is 16.5 Å². The van der Waals surface area contributed by atoms with E-state index in [1.807, 2.05) is 36.4 Å². The molecule has 0 saturated heterocycles. The summed E-state index contributed by atoms with van der Waals surface area (Å²) in [5.74, 6) is 1.01. The molecule has 25 heavy (non-hydrogen) atoms. The molecule has 0 bridgehead atoms. The average molecular weight is 368 g/mol. The molecule has 126 valence electrons. The Morgan fingerprint density at radius 1 is 1.12 bits per heavy atom. The number of rotatable bonds is 6. The summed E-state index contributed by atoms with van der Waals surface area (Å²) in [4.78, 5) is 0. The lowest BCUT2D eigenvalue weighted by Gasteiger charge is -2.04. The zero-order chi connectivity index (χ0) is 17.1. The molecular formula is C17H16N6S2. The summed E-state index contributed by atoms with van der Waals surface area (Å²) in [6.45, 7) is 2.12. The molecule has 0 aliphatic heterocycles. The Kier molecular flexibility index (Phi) is 4.53. The van der Waals surface area contributed by atoms with E-state index in [-0.39, 0.29) is 0 Å². The zero-order valence-electron chi connectivity index (χ0n) is 13.5. The van der Waals surface area contributed by atoms with Crippen LogP contribution >= 0.6 is 23.3 Å². The van der Waals surface area contributed by atoms with Crippen molar-refractivity contribution in [2.45, 2.75) is 6.92 Å². The number of H-pyrrole nitrogens is 1. The highest BCUT2D eigenvalue weighted by molar-refractivity contribution is 8.00. The van der Waals surface area contributed by atoms with Crippen LogP contribution < -0.4 is 10.0 Å². The van der Waals surface area contributed by atoms with Crippen LogP contribution in [0.15, 0.2) is 48.7 Å². The van der Waals surface area contributed by atoms with E-state index in [9.17, 15) is 0 Å². The maximum Gasteiger partial charge on any atom is 0.210 e. The third-order valence-corrected chi connectivity index (χ3v) is 5.12. The molecule has 0 saturated carbocycles. The summed E-state index contributed by atoms with van der Waals surface area (Å²) >= 11 is 3.20. The normalized spacial score (nSPS) is 10.9. The van der Waals surface area contributed by atoms with Crippen LogP contribution in [0, 0.1) is 0 Å². The Bertz CT molecular complexity index is 993. The van der Waals surface area contributed by atoms with Gasteiger partial charge in [0.2, 0.25) is 5.13 Å². The van der Waals surface area contributed by atoms with Gasteiger partial charge < -0.3 is 10.0 Å². The quantitative estimate of drug-likeness (QED) is 0.420. The SMILES string of the molecule is CCSNc1cccc(-c2nnc(Nc3ccc4[nH]ncc4c3)s2)c1. The van der Waals surface area contributed by atoms with Gasteiger partial charge in [0.25, 0.3) is 0 Å². The highest BCUT2D eigenvalue weighted by atomic mass is 32.2. The third-order valence-electron chi connectivity index (χ3n) is 3.56. The fourth-order valence-electron chi connectivity index (χ4n) is 2.41. The number of nitrogens with one attached hydrogen (secondary N) is 3. The summed E-state index contributed by atoms with van der Waals surface area (Å²) in [6, 6.07) is 14.2. The molecule has 0 unspecified atom stereocenters. The van der Waals surface area contributed by atoms with Crippen molar-refractivity contribution < 1.29 is 0 Å². The van der Waals surface area contributed by atoms with Gasteiger partial charge in [-0.2, -0.15) is 5.10 Å². The predicted octanol–water partition coefficient (Wildman–Crippen LogP) is 4.91. The second-order valence-electron chi connectivity index (χ2n) is 5.33. The maximum absolute atomic E-state index is 4.31. The molecule has 0 amide bonds. The van der Waals surface area contributed by atoms with Gasteiger partial charge in [0.05, 0.1) is 11.7 Å². The van der Waals surface area contributed by atoms with Crippen molar-refractivity contribution in [2.24, 2.45) is 0 Å². The Balaban J connectivity index is 1.53. The van der Waals surface area contributed by atoms with Crippen LogP contribution in [-0.4, -0.2) is 26.1 Å². The average Bonchev–Trinajstić information content (AvgIpc) is 3.29. The molecule has 0 radical (unpaired) electrons. The standard InChI is InChI=1S/C17H16N6S2/c1-2-24-23-14-5-3-4-11(8-14)16-21-22-17(25-16)19-13-6-7-15-12(9-13)10-18-20-15/h3-10,23H,2H2,1H3,(H,18,20)(H,19,22). The van der Waals surface area contributed by atoms with Gasteiger partial charge in [-0.15, -0.1) is 10.2 Å². The van der Waals surface area contributed by atoms with E-state index in [0.29, 0.717) is 0 Å². The summed E-state index contributed by atoms with van der Waals surface area (Å²) in [5.41, 5.74) is 4.10. The topological polar surface area (TPSA) is 78.5 Å². The van der Waals surface area contributed by atoms with Crippen molar-refractivity contribution in [1.82, 2.24) is 20.4 Å². The van der Waals surface area contributed by atoms with Crippen molar-refractivity contribution >= 4 is 50.7 Å². The van der Waals surface area contributed by atoms with Gasteiger partial charge in [0.1, 0.15) is 5.01 Å². The Morgan fingerprint density at radius 2 is 2.08 bits per heavy atom. The van der Waals surface area contributed by atoms with E-state index in [2.05, 4.69) is 43.4 Å². The van der Waals surface area contributed by atoms with Crippen LogP contribution in [0.2, 0.25) is 0 Å². The lowest BCUT2D eigenvalue weighted by atomic mass is 10.2. The number of anilines is 3. The number of fused-ring (bicyclic) bond motifs is 1. The van der Waals surface area contributed by atoms with Crippen molar-refractivity contribution in [3.63, 3.8) is 0 Å². The highest BCUT2D eigenvalue weighted by Crippen LogP contribution is 2.30. The monoisotopic (exact) mass is 368 g/mol. The summed E-state index contributed by atoms with van der Waals surface area (Å²) in [5, 5.41) is 21.6. The van der Waals surface area contributed by atoms with Crippen LogP contribution in [0.5, 0.6) is 0 Å². The molecular weight excluding hydrogens is 352 g/mol. The minimum atomic E-state index is 0.763. The lowest BCUT2D eigenvalue weighted by Crippen LogP contribution is -1.88. The number of aromatic amines is 1. The number of nitrogens with zero attached hydrogens (tertiary/aromatic N) is 3. The van der Waals surface area contributed by atoms with E-state index in [4.69, 9.17) is 0 Å². The van der Waals surface area contributed by atoms with Crippen molar-refractivity contribution in [2.75, 3.05) is 15.8 Å². The molecule has 2 heterocycles. The van der Waals surface area contributed by atoms with Crippen molar-refractivity contribution in [3.8, 4) is 10.6 Å². The first kappa shape index (κ1) is 15.9. The summed E-state index contributed by atoms with van der Waals surface area (Å²) in [7, 11) is 0. The third kappa shape index (κ3) is 3.59. The summed E-state index contributed by atoms with van der Waals surface area (Å²) < 4.78 is 3.31. The number of benzene rings is 2. The molecule has 8 heteroatoms. The Morgan fingerprint density at radius 3 is 3.00 bits per heavy atom. The predicted molar refractivity (Wildman–Crippen MR) is 106 cm³/mol. The van der Waals surface area contributed by atoms with Gasteiger partial charge in [0.15, 0.2) is 0 Å². The second kappa shape index (κ2) is 7.12. The second-order valence-corrected chi connectivity index (χ2v) is 7.37. The first-order valence-corrected chi connectivity index (χ1v) is 9.64. The van der Waals surface area contributed by atoms with Gasteiger partial charge in [-0.1, -0.05) is 42.3 Å². The molecule has 0 fully saturated rings. The van der Waals surface area contributed by atoms with Crippen LogP contribution in [0.25, 0.3) is 21.5 Å². The minimum Gasteiger partial charge on any atom is -0.330 e. The van der Waals surface area contributed by atoms with Crippen molar-refractivity contribution in [3.05, 3.63) is 48.7 Å². The first-order chi connectivity index (χ1) is 12.3. The van der Waals surface area contributed by atoms with Gasteiger partial charge in [-0.25, -0.2) is 0 Å². The fourth-order valence-corrected chi connectivity index (χ4v) is 3.60. The van der Waals surface area contributed by atoms with Crippen LogP contribution in [0.3, 0.4) is 0 Å². The molecule has 0 aliphatic rings. The number of hydrogen-bond donors (Lipinski definition) is 3. The smallest absolute Gasteiger partial charge is 0.210 e. The molecule has 0 spiro atoms. The maximum atomic E-state index is 4.31. The Hall–Kier alpha value is -2.58. The van der Waals surface area contributed by atoms with E-state index < -0.39 is 0 Å². The molecule has 0 atom stereocenters. The van der Waals surface area contributed by atoms with Crippen molar-refractivity contribution in [1.29, 1.82) is 0 Å². The zero-order valence-corrected chi connectivity index (χ0v) is 15.1. The van der Waals surface area contributed by atoms with Gasteiger partial charge in [-0.05, 0) is 30.3 Å². The highest BCUT2D eigenvalue weighted by Gasteiger charge is 2.08. The molecule has 6 nitrogen and oxygen atoms in total. The number of aromatic nitrogens is 4.